The molecule has 0 saturated heterocycles. The average Bonchev–Trinajstić information content (AvgIpc) is 2.92. The number of rotatable bonds is 4. The summed E-state index contributed by atoms with van der Waals surface area (Å²) in [6.07, 6.45) is 2.84. The van der Waals surface area contributed by atoms with Crippen molar-refractivity contribution in [3.8, 4) is 0 Å². The van der Waals surface area contributed by atoms with E-state index in [1.807, 2.05) is 66.4 Å². The van der Waals surface area contributed by atoms with Crippen molar-refractivity contribution < 1.29 is 22.7 Å². The molecule has 1 aliphatic heterocycles. The third-order valence-corrected chi connectivity index (χ3v) is 8.57. The maximum Gasteiger partial charge on any atom is 0.326 e. The van der Waals surface area contributed by atoms with Gasteiger partial charge in [-0.05, 0) is 67.1 Å². The van der Waals surface area contributed by atoms with E-state index in [-0.39, 0.29) is 18.6 Å². The highest BCUT2D eigenvalue weighted by atomic mass is 32.2. The molecule has 2 atom stereocenters. The van der Waals surface area contributed by atoms with Crippen LogP contribution in [0.15, 0.2) is 72.8 Å². The summed E-state index contributed by atoms with van der Waals surface area (Å²) in [5, 5.41) is 0. The second-order valence-corrected chi connectivity index (χ2v) is 12.8. The third kappa shape index (κ3) is 6.89. The van der Waals surface area contributed by atoms with Gasteiger partial charge in [0.15, 0.2) is 0 Å². The fourth-order valence-electron chi connectivity index (χ4n) is 4.96. The van der Waals surface area contributed by atoms with Gasteiger partial charge < -0.3 is 15.4 Å². The number of cyclic esters (lactones) is 1. The first-order valence-corrected chi connectivity index (χ1v) is 15.2. The number of amides is 1. The Morgan fingerprint density at radius 1 is 0.975 bits per heavy atom. The molecule has 2 unspecified atom stereocenters. The van der Waals surface area contributed by atoms with Crippen molar-refractivity contribution in [1.82, 2.24) is 4.90 Å². The summed E-state index contributed by atoms with van der Waals surface area (Å²) in [5.74, 6) is -0.823. The summed E-state index contributed by atoms with van der Waals surface area (Å²) in [6, 6.07) is 22.4. The van der Waals surface area contributed by atoms with E-state index < -0.39 is 21.5 Å². The number of nitrogens with two attached hydrogens (primary N) is 1. The molecule has 1 amide bonds. The van der Waals surface area contributed by atoms with E-state index in [2.05, 4.69) is 0 Å². The Balaban J connectivity index is 1.80. The second kappa shape index (κ2) is 11.8. The fraction of sp³-hybridized carbons (Fsp3) is 0.355. The van der Waals surface area contributed by atoms with Crippen molar-refractivity contribution >= 4 is 27.6 Å². The Morgan fingerprint density at radius 2 is 1.68 bits per heavy atom. The van der Waals surface area contributed by atoms with E-state index in [4.69, 9.17) is 10.5 Å². The van der Waals surface area contributed by atoms with Crippen molar-refractivity contribution in [2.24, 2.45) is 5.73 Å². The zero-order valence-electron chi connectivity index (χ0n) is 23.5. The van der Waals surface area contributed by atoms with Crippen molar-refractivity contribution in [1.29, 1.82) is 0 Å². The normalized spacial score (nSPS) is 19.6. The van der Waals surface area contributed by atoms with Gasteiger partial charge in [0.2, 0.25) is 10.0 Å². The van der Waals surface area contributed by atoms with E-state index in [1.54, 1.807) is 25.1 Å². The molecular weight excluding hydrogens is 526 g/mol. The predicted octanol–water partition coefficient (Wildman–Crippen LogP) is 4.24. The van der Waals surface area contributed by atoms with E-state index in [9.17, 15) is 18.0 Å². The van der Waals surface area contributed by atoms with Gasteiger partial charge in [-0.25, -0.2) is 8.42 Å². The number of anilines is 1. The lowest BCUT2D eigenvalue weighted by Crippen LogP contribution is -2.48. The molecule has 2 N–H and O–H groups in total. The zero-order valence-corrected chi connectivity index (χ0v) is 24.3. The average molecular weight is 564 g/mol. The standard InChI is InChI=1S/C31H37N3O5S/c1-22(26-13-6-5-7-14-26)34-15-9-12-23-10-8-11-24(16-23)20-31(2,32)30(36)39-21-25-17-27(29(34)35)19-28(18-25)33(3)40(4,37)38/h5-8,10-11,13-14,16-19,22H,9,12,15,20-21,32H2,1-4H3. The number of ether oxygens (including phenoxy) is 1. The molecule has 8 nitrogen and oxygen atoms in total. The van der Waals surface area contributed by atoms with Crippen LogP contribution in [-0.2, 0) is 39.0 Å². The molecule has 1 heterocycles. The van der Waals surface area contributed by atoms with Crippen LogP contribution in [0.2, 0.25) is 0 Å². The fourth-order valence-corrected chi connectivity index (χ4v) is 5.45. The van der Waals surface area contributed by atoms with E-state index in [1.165, 1.54) is 7.05 Å². The van der Waals surface area contributed by atoms with Crippen LogP contribution in [0.1, 0.15) is 58.9 Å². The van der Waals surface area contributed by atoms with Crippen LogP contribution in [0, 0.1) is 0 Å². The van der Waals surface area contributed by atoms with Crippen LogP contribution in [0.25, 0.3) is 0 Å². The van der Waals surface area contributed by atoms with Gasteiger partial charge in [-0.15, -0.1) is 0 Å². The number of hydrogen-bond acceptors (Lipinski definition) is 6. The minimum absolute atomic E-state index is 0.161. The van der Waals surface area contributed by atoms with Gasteiger partial charge in [-0.2, -0.15) is 0 Å². The zero-order chi connectivity index (χ0) is 29.1. The van der Waals surface area contributed by atoms with Crippen LogP contribution in [0.3, 0.4) is 0 Å². The number of esters is 1. The quantitative estimate of drug-likeness (QED) is 0.476. The highest BCUT2D eigenvalue weighted by molar-refractivity contribution is 7.92. The molecule has 3 aromatic rings. The van der Waals surface area contributed by atoms with E-state index in [0.29, 0.717) is 36.2 Å². The van der Waals surface area contributed by atoms with Gasteiger partial charge in [0.25, 0.3) is 5.91 Å². The number of hydrogen-bond donors (Lipinski definition) is 1. The minimum Gasteiger partial charge on any atom is -0.459 e. The van der Waals surface area contributed by atoms with E-state index in [0.717, 1.165) is 33.7 Å². The number of fused-ring (bicyclic) bond motifs is 4. The molecule has 4 rings (SSSR count). The Morgan fingerprint density at radius 3 is 2.38 bits per heavy atom. The van der Waals surface area contributed by atoms with Gasteiger partial charge in [0, 0.05) is 25.6 Å². The third-order valence-electron chi connectivity index (χ3n) is 7.36. The number of carbonyl (C=O) groups is 2. The van der Waals surface area contributed by atoms with Gasteiger partial charge in [-0.1, -0.05) is 54.6 Å². The Bertz CT molecular complexity index is 1490. The SMILES string of the molecule is CC(c1ccccc1)N1CCCc2cccc(c2)CC(C)(N)C(=O)OCc2cc(cc(N(C)S(C)(=O)=O)c2)C1=O. The molecule has 4 bridgehead atoms. The van der Waals surface area contributed by atoms with Crippen molar-refractivity contribution in [3.05, 3.63) is 101 Å². The number of aryl methyl sites for hydroxylation is 1. The molecule has 1 aliphatic rings. The highest BCUT2D eigenvalue weighted by Gasteiger charge is 2.31. The predicted molar refractivity (Wildman–Crippen MR) is 156 cm³/mol. The van der Waals surface area contributed by atoms with Crippen molar-refractivity contribution in [3.63, 3.8) is 0 Å². The molecule has 9 heteroatoms. The van der Waals surface area contributed by atoms with Crippen LogP contribution in [-0.4, -0.2) is 50.6 Å². The minimum atomic E-state index is -3.61. The van der Waals surface area contributed by atoms with Gasteiger partial charge >= 0.3 is 5.97 Å². The first-order valence-electron chi connectivity index (χ1n) is 13.3. The van der Waals surface area contributed by atoms with Crippen molar-refractivity contribution in [2.75, 3.05) is 24.2 Å². The van der Waals surface area contributed by atoms with Crippen LogP contribution in [0.5, 0.6) is 0 Å². The number of sulfonamides is 1. The van der Waals surface area contributed by atoms with Crippen LogP contribution in [0.4, 0.5) is 5.69 Å². The maximum absolute atomic E-state index is 14.1. The summed E-state index contributed by atoms with van der Waals surface area (Å²) in [5.41, 5.74) is 9.24. The first kappa shape index (κ1) is 29.3. The summed E-state index contributed by atoms with van der Waals surface area (Å²) >= 11 is 0. The molecule has 212 valence electrons. The molecule has 0 radical (unpaired) electrons. The molecule has 3 aromatic carbocycles. The van der Waals surface area contributed by atoms with Crippen molar-refractivity contribution in [2.45, 2.75) is 51.3 Å². The smallest absolute Gasteiger partial charge is 0.326 e. The van der Waals surface area contributed by atoms with Gasteiger partial charge in [0.1, 0.15) is 12.1 Å². The van der Waals surface area contributed by atoms with E-state index >= 15 is 0 Å². The first-order chi connectivity index (χ1) is 18.8. The molecule has 0 saturated carbocycles. The summed E-state index contributed by atoms with van der Waals surface area (Å²) in [7, 11) is -2.18. The Hall–Kier alpha value is -3.69. The summed E-state index contributed by atoms with van der Waals surface area (Å²) in [6.45, 7) is 3.95. The van der Waals surface area contributed by atoms with Crippen LogP contribution < -0.4 is 10.0 Å². The molecule has 40 heavy (non-hydrogen) atoms. The number of nitrogens with zero attached hydrogens (tertiary/aromatic N) is 2. The Labute approximate surface area is 236 Å². The number of benzene rings is 3. The Kier molecular flexibility index (Phi) is 8.65. The lowest BCUT2D eigenvalue weighted by Gasteiger charge is -2.31. The lowest BCUT2D eigenvalue weighted by molar-refractivity contribution is -0.150. The summed E-state index contributed by atoms with van der Waals surface area (Å²) in [4.78, 5) is 29.0. The molecule has 0 aliphatic carbocycles. The monoisotopic (exact) mass is 563 g/mol. The molecule has 0 fully saturated rings. The number of carbonyl (C=O) groups excluding carboxylic acids is 2. The van der Waals surface area contributed by atoms with Crippen LogP contribution >= 0.6 is 0 Å². The summed E-state index contributed by atoms with van der Waals surface area (Å²) < 4.78 is 31.5. The molecule has 0 spiro atoms. The molecular formula is C31H37N3O5S. The largest absolute Gasteiger partial charge is 0.459 e. The van der Waals surface area contributed by atoms with Gasteiger partial charge in [0.05, 0.1) is 18.0 Å². The lowest BCUT2D eigenvalue weighted by atomic mass is 9.92. The second-order valence-electron chi connectivity index (χ2n) is 10.8. The maximum atomic E-state index is 14.1. The highest BCUT2D eigenvalue weighted by Crippen LogP contribution is 2.27. The molecule has 0 aromatic heterocycles. The topological polar surface area (TPSA) is 110 Å². The van der Waals surface area contributed by atoms with Gasteiger partial charge in [-0.3, -0.25) is 13.9 Å².